The van der Waals surface area contributed by atoms with Gasteiger partial charge in [-0.2, -0.15) is 0 Å². The lowest BCUT2D eigenvalue weighted by molar-refractivity contribution is -0.384. The predicted molar refractivity (Wildman–Crippen MR) is 131 cm³/mol. The molecule has 0 spiro atoms. The number of non-ortho nitro benzene ring substituents is 1. The molecule has 0 aliphatic carbocycles. The summed E-state index contributed by atoms with van der Waals surface area (Å²) in [6.07, 6.45) is 2.60. The van der Waals surface area contributed by atoms with Crippen molar-refractivity contribution < 1.29 is 22.9 Å². The Hall–Kier alpha value is -4.22. The first-order valence-electron chi connectivity index (χ1n) is 9.79. The molecule has 0 fully saturated rings. The molecule has 0 aliphatic heterocycles. The van der Waals surface area contributed by atoms with E-state index in [-0.39, 0.29) is 27.3 Å². The highest BCUT2D eigenvalue weighted by Crippen LogP contribution is 2.32. The molecule has 12 heteroatoms. The third-order valence-corrected chi connectivity index (χ3v) is 5.15. The molecule has 1 heterocycles. The number of nitrogens with zero attached hydrogens (tertiary/aromatic N) is 2. The zero-order valence-corrected chi connectivity index (χ0v) is 19.0. The summed E-state index contributed by atoms with van der Waals surface area (Å²) in [5, 5.41) is 16.0. The number of rotatable bonds is 5. The molecule has 0 atom stereocenters. The van der Waals surface area contributed by atoms with E-state index in [1.807, 2.05) is 0 Å². The van der Waals surface area contributed by atoms with E-state index in [2.05, 4.69) is 15.6 Å². The number of halogens is 3. The molecule has 1 amide bonds. The minimum atomic E-state index is -1.09. The van der Waals surface area contributed by atoms with Crippen LogP contribution in [0.15, 0.2) is 65.1 Å². The van der Waals surface area contributed by atoms with Gasteiger partial charge in [0.25, 0.3) is 5.69 Å². The molecule has 1 aromatic heterocycles. The van der Waals surface area contributed by atoms with Crippen LogP contribution >= 0.6 is 23.8 Å². The fourth-order valence-electron chi connectivity index (χ4n) is 3.04. The Balaban J connectivity index is 1.43. The van der Waals surface area contributed by atoms with Crippen LogP contribution in [0.5, 0.6) is 0 Å². The van der Waals surface area contributed by atoms with Gasteiger partial charge in [0.15, 0.2) is 22.3 Å². The first kappa shape index (κ1) is 23.9. The zero-order chi connectivity index (χ0) is 25.1. The molecule has 0 saturated heterocycles. The van der Waals surface area contributed by atoms with Crippen LogP contribution in [-0.2, 0) is 4.79 Å². The zero-order valence-electron chi connectivity index (χ0n) is 17.4. The van der Waals surface area contributed by atoms with Crippen LogP contribution in [0.1, 0.15) is 5.56 Å². The van der Waals surface area contributed by atoms with Crippen molar-refractivity contribution in [3.8, 4) is 11.5 Å². The average Bonchev–Trinajstić information content (AvgIpc) is 3.23. The van der Waals surface area contributed by atoms with Gasteiger partial charge in [-0.05, 0) is 54.2 Å². The van der Waals surface area contributed by atoms with Gasteiger partial charge in [-0.15, -0.1) is 0 Å². The summed E-state index contributed by atoms with van der Waals surface area (Å²) in [4.78, 5) is 26.7. The number of aromatic nitrogens is 1. The van der Waals surface area contributed by atoms with E-state index in [1.54, 1.807) is 24.3 Å². The van der Waals surface area contributed by atoms with Crippen LogP contribution in [0, 0.1) is 21.7 Å². The number of hydrogen-bond acceptors (Lipinski definition) is 6. The van der Waals surface area contributed by atoms with E-state index in [4.69, 9.17) is 28.2 Å². The van der Waals surface area contributed by atoms with Gasteiger partial charge >= 0.3 is 0 Å². The monoisotopic (exact) mass is 514 g/mol. The highest BCUT2D eigenvalue weighted by atomic mass is 35.5. The molecule has 0 saturated carbocycles. The standard InChI is InChI=1S/C23H13ClF2N4O4S/c24-16-11-18(26)17(25)10-15(16)22-28-19-9-13(5-6-20(19)34-22)27-23(35)29-21(31)7-4-12-2-1-3-14(8-12)30(32)33/h1-11H,(H2,27,29,31,35)/b7-4+. The summed E-state index contributed by atoms with van der Waals surface area (Å²) in [7, 11) is 0. The SMILES string of the molecule is O=C(/C=C/c1cccc([N+](=O)[O-])c1)NC(=S)Nc1ccc2oc(-c3cc(F)c(F)cc3Cl)nc2c1. The van der Waals surface area contributed by atoms with Crippen LogP contribution < -0.4 is 10.6 Å². The van der Waals surface area contributed by atoms with Crippen molar-refractivity contribution in [1.29, 1.82) is 0 Å². The quantitative estimate of drug-likeness (QED) is 0.113. The highest BCUT2D eigenvalue weighted by Gasteiger charge is 2.16. The molecule has 0 unspecified atom stereocenters. The topological polar surface area (TPSA) is 110 Å². The Morgan fingerprint density at radius 1 is 1.14 bits per heavy atom. The summed E-state index contributed by atoms with van der Waals surface area (Å²) in [5.41, 5.74) is 1.69. The van der Waals surface area contributed by atoms with Crippen LogP contribution in [0.25, 0.3) is 28.6 Å². The second-order valence-corrected chi connectivity index (χ2v) is 7.89. The number of fused-ring (bicyclic) bond motifs is 1. The van der Waals surface area contributed by atoms with E-state index in [1.165, 1.54) is 30.4 Å². The minimum Gasteiger partial charge on any atom is -0.436 e. The predicted octanol–water partition coefficient (Wildman–Crippen LogP) is 5.86. The maximum absolute atomic E-state index is 13.6. The molecule has 8 nitrogen and oxygen atoms in total. The van der Waals surface area contributed by atoms with E-state index in [0.29, 0.717) is 22.4 Å². The lowest BCUT2D eigenvalue weighted by atomic mass is 10.2. The minimum absolute atomic E-state index is 0.00298. The fourth-order valence-corrected chi connectivity index (χ4v) is 3.49. The Morgan fingerprint density at radius 2 is 1.91 bits per heavy atom. The molecule has 3 aromatic carbocycles. The van der Waals surface area contributed by atoms with E-state index in [0.717, 1.165) is 12.1 Å². The highest BCUT2D eigenvalue weighted by molar-refractivity contribution is 7.80. The van der Waals surface area contributed by atoms with Gasteiger partial charge in [0, 0.05) is 23.9 Å². The molecule has 4 rings (SSSR count). The molecule has 2 N–H and O–H groups in total. The smallest absolute Gasteiger partial charge is 0.270 e. The first-order valence-corrected chi connectivity index (χ1v) is 10.6. The maximum atomic E-state index is 13.6. The van der Waals surface area contributed by atoms with Gasteiger partial charge in [0.1, 0.15) is 5.52 Å². The number of nitro groups is 1. The maximum Gasteiger partial charge on any atom is 0.270 e. The van der Waals surface area contributed by atoms with Crippen molar-refractivity contribution in [3.05, 3.63) is 93.0 Å². The Labute approximate surface area is 206 Å². The fraction of sp³-hybridized carbons (Fsp3) is 0. The Morgan fingerprint density at radius 3 is 2.69 bits per heavy atom. The summed E-state index contributed by atoms with van der Waals surface area (Å²) >= 11 is 11.1. The number of carbonyl (C=O) groups is 1. The van der Waals surface area contributed by atoms with Gasteiger partial charge in [-0.1, -0.05) is 23.7 Å². The number of nitrogens with one attached hydrogen (secondary N) is 2. The van der Waals surface area contributed by atoms with E-state index in [9.17, 15) is 23.7 Å². The second-order valence-electron chi connectivity index (χ2n) is 7.08. The van der Waals surface area contributed by atoms with Crippen molar-refractivity contribution in [2.75, 3.05) is 5.32 Å². The van der Waals surface area contributed by atoms with Gasteiger partial charge in [-0.3, -0.25) is 20.2 Å². The number of benzene rings is 3. The second kappa shape index (κ2) is 9.95. The number of thiocarbonyl (C=S) groups is 1. The van der Waals surface area contributed by atoms with Gasteiger partial charge in [0.05, 0.1) is 15.5 Å². The van der Waals surface area contributed by atoms with Crippen molar-refractivity contribution >= 4 is 63.4 Å². The number of anilines is 1. The molecular formula is C23H13ClF2N4O4S. The van der Waals surface area contributed by atoms with Crippen LogP contribution in [0.3, 0.4) is 0 Å². The number of carbonyl (C=O) groups excluding carboxylic acids is 1. The van der Waals surface area contributed by atoms with Gasteiger partial charge < -0.3 is 9.73 Å². The molecule has 176 valence electrons. The van der Waals surface area contributed by atoms with Crippen molar-refractivity contribution in [1.82, 2.24) is 10.3 Å². The van der Waals surface area contributed by atoms with Gasteiger partial charge in [0.2, 0.25) is 11.8 Å². The van der Waals surface area contributed by atoms with Crippen LogP contribution in [-0.4, -0.2) is 20.9 Å². The van der Waals surface area contributed by atoms with Crippen LogP contribution in [0.4, 0.5) is 20.2 Å². The molecule has 35 heavy (non-hydrogen) atoms. The third-order valence-electron chi connectivity index (χ3n) is 4.63. The van der Waals surface area contributed by atoms with Crippen molar-refractivity contribution in [2.24, 2.45) is 0 Å². The summed E-state index contributed by atoms with van der Waals surface area (Å²) in [6, 6.07) is 12.3. The molecule has 4 aromatic rings. The third kappa shape index (κ3) is 5.65. The lowest BCUT2D eigenvalue weighted by Crippen LogP contribution is -2.32. The lowest BCUT2D eigenvalue weighted by Gasteiger charge is -2.07. The Bertz CT molecular complexity index is 1520. The number of oxazole rings is 1. The molecule has 0 radical (unpaired) electrons. The van der Waals surface area contributed by atoms with E-state index >= 15 is 0 Å². The molecular weight excluding hydrogens is 502 g/mol. The van der Waals surface area contributed by atoms with Gasteiger partial charge in [-0.25, -0.2) is 13.8 Å². The van der Waals surface area contributed by atoms with Crippen molar-refractivity contribution in [2.45, 2.75) is 0 Å². The summed E-state index contributed by atoms with van der Waals surface area (Å²) in [5.74, 6) is -2.72. The Kier molecular flexibility index (Phi) is 6.80. The largest absolute Gasteiger partial charge is 0.436 e. The normalized spacial score (nSPS) is 11.1. The number of hydrogen-bond donors (Lipinski definition) is 2. The summed E-state index contributed by atoms with van der Waals surface area (Å²) in [6.45, 7) is 0. The average molecular weight is 515 g/mol. The first-order chi connectivity index (χ1) is 16.7. The van der Waals surface area contributed by atoms with Crippen molar-refractivity contribution in [3.63, 3.8) is 0 Å². The molecule has 0 aliphatic rings. The molecule has 0 bridgehead atoms. The number of nitro benzene ring substituents is 1. The van der Waals surface area contributed by atoms with Crippen LogP contribution in [0.2, 0.25) is 5.02 Å². The van der Waals surface area contributed by atoms with E-state index < -0.39 is 22.5 Å². The number of amides is 1. The summed E-state index contributed by atoms with van der Waals surface area (Å²) < 4.78 is 32.5.